The van der Waals surface area contributed by atoms with Gasteiger partial charge in [0.05, 0.1) is 20.7 Å². The number of hydrogen-bond acceptors (Lipinski definition) is 4. The molecule has 1 aliphatic rings. The first-order valence-electron chi connectivity index (χ1n) is 5.40. The Bertz CT molecular complexity index is 636. The van der Waals surface area contributed by atoms with Crippen LogP contribution >= 0.6 is 23.2 Å². The number of aliphatic imine (C=N–C) groups is 1. The summed E-state index contributed by atoms with van der Waals surface area (Å²) in [5, 5.41) is 10.6. The Labute approximate surface area is 126 Å². The lowest BCUT2D eigenvalue weighted by atomic mass is 10.2. The van der Waals surface area contributed by atoms with Crippen LogP contribution in [0.4, 0.5) is 24.5 Å². The van der Waals surface area contributed by atoms with Crippen molar-refractivity contribution in [1.29, 1.82) is 0 Å². The molecule has 1 aromatic carbocycles. The second kappa shape index (κ2) is 5.53. The molecule has 1 heterocycles. The number of halogens is 5. The molecule has 0 bridgehead atoms. The molecule has 0 fully saturated rings. The molecule has 0 saturated carbocycles. The van der Waals surface area contributed by atoms with Gasteiger partial charge in [0.15, 0.2) is 0 Å². The first-order chi connectivity index (χ1) is 9.70. The summed E-state index contributed by atoms with van der Waals surface area (Å²) in [4.78, 5) is 14.6. The average Bonchev–Trinajstić information content (AvgIpc) is 2.37. The van der Waals surface area contributed by atoms with Crippen molar-refractivity contribution in [3.63, 3.8) is 0 Å². The molecule has 5 nitrogen and oxygen atoms in total. The van der Waals surface area contributed by atoms with Gasteiger partial charge in [-0.05, 0) is 6.08 Å². The van der Waals surface area contributed by atoms with E-state index in [1.807, 2.05) is 0 Å². The van der Waals surface area contributed by atoms with Crippen LogP contribution in [0.5, 0.6) is 0 Å². The number of nitro groups is 1. The third-order valence-electron chi connectivity index (χ3n) is 2.60. The standard InChI is InChI=1S/C11H6Cl2F3N3O2/c12-7-3-6(19(20)21)4-8(13)10(7)18-2-1-9(17-5-18)11(14,15)16/h1-4H,5H2. The summed E-state index contributed by atoms with van der Waals surface area (Å²) in [7, 11) is 0. The van der Waals surface area contributed by atoms with E-state index >= 15 is 0 Å². The van der Waals surface area contributed by atoms with Crippen LogP contribution in [0, 0.1) is 10.1 Å². The number of hydrogen-bond donors (Lipinski definition) is 0. The van der Waals surface area contributed by atoms with E-state index in [1.54, 1.807) is 0 Å². The molecule has 0 unspecified atom stereocenters. The molecule has 0 aromatic heterocycles. The van der Waals surface area contributed by atoms with Crippen molar-refractivity contribution in [1.82, 2.24) is 0 Å². The van der Waals surface area contributed by atoms with Crippen LogP contribution in [0.3, 0.4) is 0 Å². The Kier molecular flexibility index (Phi) is 4.11. The Morgan fingerprint density at radius 2 is 1.86 bits per heavy atom. The lowest BCUT2D eigenvalue weighted by Gasteiger charge is -2.24. The maximum absolute atomic E-state index is 12.4. The number of non-ortho nitro benzene ring substituents is 1. The number of anilines is 1. The molecule has 21 heavy (non-hydrogen) atoms. The van der Waals surface area contributed by atoms with Crippen LogP contribution < -0.4 is 4.90 Å². The van der Waals surface area contributed by atoms with E-state index in [1.165, 1.54) is 4.90 Å². The van der Waals surface area contributed by atoms with E-state index in [0.717, 1.165) is 24.4 Å². The van der Waals surface area contributed by atoms with Gasteiger partial charge in [-0.1, -0.05) is 23.2 Å². The molecule has 0 atom stereocenters. The Hall–Kier alpha value is -1.80. The molecule has 0 N–H and O–H groups in total. The monoisotopic (exact) mass is 339 g/mol. The Balaban J connectivity index is 2.32. The lowest BCUT2D eigenvalue weighted by molar-refractivity contribution is -0.384. The third-order valence-corrected chi connectivity index (χ3v) is 3.17. The summed E-state index contributed by atoms with van der Waals surface area (Å²) < 4.78 is 37.3. The molecule has 112 valence electrons. The molecule has 10 heteroatoms. The van der Waals surface area contributed by atoms with Gasteiger partial charge in [0.25, 0.3) is 5.69 Å². The summed E-state index contributed by atoms with van der Waals surface area (Å²) in [6.07, 6.45) is -2.64. The molecule has 0 amide bonds. The molecule has 1 aromatic rings. The molecule has 2 rings (SSSR count). The summed E-state index contributed by atoms with van der Waals surface area (Å²) in [6, 6.07) is 2.14. The van der Waals surface area contributed by atoms with E-state index in [9.17, 15) is 23.3 Å². The van der Waals surface area contributed by atoms with Crippen molar-refractivity contribution in [2.45, 2.75) is 6.18 Å². The highest BCUT2D eigenvalue weighted by atomic mass is 35.5. The predicted molar refractivity (Wildman–Crippen MR) is 73.1 cm³/mol. The van der Waals surface area contributed by atoms with Gasteiger partial charge >= 0.3 is 6.18 Å². The number of rotatable bonds is 2. The molecular weight excluding hydrogens is 334 g/mol. The highest BCUT2D eigenvalue weighted by molar-refractivity contribution is 6.39. The van der Waals surface area contributed by atoms with Crippen molar-refractivity contribution in [3.05, 3.63) is 44.6 Å². The van der Waals surface area contributed by atoms with Crippen LogP contribution in [-0.2, 0) is 0 Å². The topological polar surface area (TPSA) is 58.7 Å². The number of nitrogens with zero attached hydrogens (tertiary/aromatic N) is 3. The maximum Gasteiger partial charge on any atom is 0.433 e. The second-order valence-electron chi connectivity index (χ2n) is 3.98. The summed E-state index contributed by atoms with van der Waals surface area (Å²) in [5.74, 6) is 0. The quantitative estimate of drug-likeness (QED) is 0.599. The van der Waals surface area contributed by atoms with Crippen LogP contribution in [0.25, 0.3) is 0 Å². The van der Waals surface area contributed by atoms with E-state index < -0.39 is 16.8 Å². The molecule has 0 aliphatic carbocycles. The zero-order chi connectivity index (χ0) is 15.8. The largest absolute Gasteiger partial charge is 0.433 e. The number of nitro benzene ring substituents is 1. The Morgan fingerprint density at radius 1 is 1.29 bits per heavy atom. The SMILES string of the molecule is O=[N+]([O-])c1cc(Cl)c(N2C=CC(C(F)(F)F)=NC2)c(Cl)c1. The van der Waals surface area contributed by atoms with Gasteiger partial charge in [-0.3, -0.25) is 15.1 Å². The van der Waals surface area contributed by atoms with E-state index in [4.69, 9.17) is 23.2 Å². The zero-order valence-corrected chi connectivity index (χ0v) is 11.6. The van der Waals surface area contributed by atoms with Gasteiger partial charge in [0.2, 0.25) is 0 Å². The first kappa shape index (κ1) is 15.6. The number of benzene rings is 1. The van der Waals surface area contributed by atoms with Crippen LogP contribution in [0.2, 0.25) is 10.0 Å². The maximum atomic E-state index is 12.4. The Morgan fingerprint density at radius 3 is 2.24 bits per heavy atom. The lowest BCUT2D eigenvalue weighted by Crippen LogP contribution is -2.29. The summed E-state index contributed by atoms with van der Waals surface area (Å²) in [5.41, 5.74) is -1.17. The molecule has 1 aliphatic heterocycles. The minimum atomic E-state index is -4.54. The third kappa shape index (κ3) is 3.27. The minimum absolute atomic E-state index is 0.0514. The molecule has 0 radical (unpaired) electrons. The molecular formula is C11H6Cl2F3N3O2. The van der Waals surface area contributed by atoms with E-state index in [-0.39, 0.29) is 28.1 Å². The van der Waals surface area contributed by atoms with Gasteiger partial charge < -0.3 is 4.90 Å². The number of alkyl halides is 3. The van der Waals surface area contributed by atoms with E-state index in [0.29, 0.717) is 0 Å². The van der Waals surface area contributed by atoms with Crippen molar-refractivity contribution in [3.8, 4) is 0 Å². The van der Waals surface area contributed by atoms with Gasteiger partial charge in [0.1, 0.15) is 12.4 Å². The van der Waals surface area contributed by atoms with E-state index in [2.05, 4.69) is 4.99 Å². The summed E-state index contributed by atoms with van der Waals surface area (Å²) >= 11 is 11.8. The van der Waals surface area contributed by atoms with Gasteiger partial charge in [0, 0.05) is 18.3 Å². The van der Waals surface area contributed by atoms with Crippen LogP contribution in [-0.4, -0.2) is 23.5 Å². The van der Waals surface area contributed by atoms with Crippen molar-refractivity contribution in [2.75, 3.05) is 11.6 Å². The summed E-state index contributed by atoms with van der Waals surface area (Å²) in [6.45, 7) is -0.345. The smallest absolute Gasteiger partial charge is 0.325 e. The second-order valence-corrected chi connectivity index (χ2v) is 4.80. The fourth-order valence-corrected chi connectivity index (χ4v) is 2.37. The van der Waals surface area contributed by atoms with Crippen molar-refractivity contribution >= 4 is 40.3 Å². The van der Waals surface area contributed by atoms with Crippen LogP contribution in [0.1, 0.15) is 0 Å². The molecule has 0 saturated heterocycles. The highest BCUT2D eigenvalue weighted by Crippen LogP contribution is 2.38. The fourth-order valence-electron chi connectivity index (χ4n) is 1.67. The molecule has 0 spiro atoms. The minimum Gasteiger partial charge on any atom is -0.325 e. The zero-order valence-electron chi connectivity index (χ0n) is 10.1. The van der Waals surface area contributed by atoms with Crippen molar-refractivity contribution < 1.29 is 18.1 Å². The first-order valence-corrected chi connectivity index (χ1v) is 6.15. The van der Waals surface area contributed by atoms with Gasteiger partial charge in [-0.25, -0.2) is 0 Å². The normalized spacial score (nSPS) is 15.1. The van der Waals surface area contributed by atoms with Gasteiger partial charge in [-0.2, -0.15) is 13.2 Å². The number of allylic oxidation sites excluding steroid dienone is 1. The predicted octanol–water partition coefficient (Wildman–Crippen LogP) is 4.20. The van der Waals surface area contributed by atoms with Crippen LogP contribution in [0.15, 0.2) is 29.4 Å². The van der Waals surface area contributed by atoms with Crippen molar-refractivity contribution in [2.24, 2.45) is 4.99 Å². The van der Waals surface area contributed by atoms with Gasteiger partial charge in [-0.15, -0.1) is 0 Å². The highest BCUT2D eigenvalue weighted by Gasteiger charge is 2.35. The fraction of sp³-hybridized carbons (Fsp3) is 0.182. The average molecular weight is 340 g/mol.